The highest BCUT2D eigenvalue weighted by Crippen LogP contribution is 2.36. The fourth-order valence-corrected chi connectivity index (χ4v) is 5.93. The maximum atomic E-state index is 14.5. The van der Waals surface area contributed by atoms with Gasteiger partial charge in [-0.25, -0.2) is 4.79 Å². The molecule has 0 spiro atoms. The van der Waals surface area contributed by atoms with E-state index < -0.39 is 23.8 Å². The normalized spacial score (nSPS) is 15.3. The van der Waals surface area contributed by atoms with Gasteiger partial charge in [0.1, 0.15) is 5.70 Å². The van der Waals surface area contributed by atoms with Gasteiger partial charge in [0.25, 0.3) is 0 Å². The van der Waals surface area contributed by atoms with Crippen LogP contribution in [-0.4, -0.2) is 45.3 Å². The molecule has 4 aromatic rings. The van der Waals surface area contributed by atoms with E-state index in [-0.39, 0.29) is 29.8 Å². The van der Waals surface area contributed by atoms with Crippen molar-refractivity contribution < 1.29 is 19.5 Å². The standard InChI is InChI=1S/C36H34N2O4/c1-3-30-24-37(34(39)31(26-16-8-4-9-17-26)27-18-10-5-11-19-27)33(36(41)42)25(2)38(30)35(40)32(28-20-12-6-13-21-28)29-22-14-7-15-23-29/h4-23,30-32H,3,24H2,1-2H3,(H,41,42)/t30-/m1/s1. The van der Waals surface area contributed by atoms with E-state index in [1.165, 1.54) is 4.90 Å². The Bertz CT molecular complexity index is 1490. The van der Waals surface area contributed by atoms with Crippen LogP contribution in [0.3, 0.4) is 0 Å². The summed E-state index contributed by atoms with van der Waals surface area (Å²) in [5.74, 6) is -3.13. The van der Waals surface area contributed by atoms with E-state index in [9.17, 15) is 19.5 Å². The second-order valence-electron chi connectivity index (χ2n) is 10.5. The minimum atomic E-state index is -1.25. The van der Waals surface area contributed by atoms with Gasteiger partial charge < -0.3 is 14.9 Å². The van der Waals surface area contributed by atoms with Crippen molar-refractivity contribution in [1.29, 1.82) is 0 Å². The molecule has 1 aliphatic rings. The summed E-state index contributed by atoms with van der Waals surface area (Å²) < 4.78 is 0. The molecular weight excluding hydrogens is 524 g/mol. The summed E-state index contributed by atoms with van der Waals surface area (Å²) in [6.45, 7) is 3.67. The zero-order chi connectivity index (χ0) is 29.6. The molecule has 1 N–H and O–H groups in total. The highest BCUT2D eigenvalue weighted by atomic mass is 16.4. The Kier molecular flexibility index (Phi) is 8.63. The Morgan fingerprint density at radius 2 is 1.02 bits per heavy atom. The molecule has 0 aromatic heterocycles. The summed E-state index contributed by atoms with van der Waals surface area (Å²) in [7, 11) is 0. The maximum absolute atomic E-state index is 14.5. The van der Waals surface area contributed by atoms with Gasteiger partial charge in [-0.1, -0.05) is 128 Å². The molecule has 1 atom stereocenters. The van der Waals surface area contributed by atoms with Gasteiger partial charge in [0.2, 0.25) is 11.8 Å². The van der Waals surface area contributed by atoms with Crippen molar-refractivity contribution in [3.05, 3.63) is 155 Å². The van der Waals surface area contributed by atoms with Crippen molar-refractivity contribution in [3.8, 4) is 0 Å². The van der Waals surface area contributed by atoms with Gasteiger partial charge in [0.05, 0.1) is 17.9 Å². The highest BCUT2D eigenvalue weighted by molar-refractivity contribution is 5.99. The number of aliphatic carboxylic acids is 1. The third-order valence-corrected chi connectivity index (χ3v) is 7.94. The van der Waals surface area contributed by atoms with E-state index in [0.717, 1.165) is 22.3 Å². The van der Waals surface area contributed by atoms with E-state index in [1.54, 1.807) is 11.8 Å². The summed E-state index contributed by atoms with van der Waals surface area (Å²) in [5.41, 5.74) is 3.28. The van der Waals surface area contributed by atoms with Crippen molar-refractivity contribution in [1.82, 2.24) is 9.80 Å². The lowest BCUT2D eigenvalue weighted by atomic mass is 9.87. The molecule has 0 bridgehead atoms. The number of nitrogens with zero attached hydrogens (tertiary/aromatic N) is 2. The minimum absolute atomic E-state index is 0.0759. The number of allylic oxidation sites excluding steroid dienone is 1. The average molecular weight is 559 g/mol. The van der Waals surface area contributed by atoms with E-state index in [1.807, 2.05) is 128 Å². The molecule has 4 aromatic carbocycles. The predicted molar refractivity (Wildman–Crippen MR) is 162 cm³/mol. The Hall–Kier alpha value is -4.97. The summed E-state index contributed by atoms with van der Waals surface area (Å²) in [6.07, 6.45) is 0.539. The Balaban J connectivity index is 1.61. The van der Waals surface area contributed by atoms with Gasteiger partial charge in [-0.2, -0.15) is 0 Å². The monoisotopic (exact) mass is 558 g/mol. The van der Waals surface area contributed by atoms with E-state index in [2.05, 4.69) is 0 Å². The zero-order valence-corrected chi connectivity index (χ0v) is 23.8. The van der Waals surface area contributed by atoms with Gasteiger partial charge in [-0.05, 0) is 35.6 Å². The van der Waals surface area contributed by atoms with Crippen LogP contribution in [0.4, 0.5) is 0 Å². The van der Waals surface area contributed by atoms with Crippen LogP contribution in [0.25, 0.3) is 0 Å². The molecule has 1 heterocycles. The van der Waals surface area contributed by atoms with E-state index in [4.69, 9.17) is 0 Å². The summed E-state index contributed by atoms with van der Waals surface area (Å²) in [5, 5.41) is 10.5. The molecule has 6 nitrogen and oxygen atoms in total. The Morgan fingerprint density at radius 1 is 0.667 bits per heavy atom. The topological polar surface area (TPSA) is 77.9 Å². The highest BCUT2D eigenvalue weighted by Gasteiger charge is 2.43. The fraction of sp³-hybridized carbons (Fsp3) is 0.194. The number of carboxylic acid groups (broad SMARTS) is 1. The Morgan fingerprint density at radius 3 is 1.36 bits per heavy atom. The number of hydrogen-bond acceptors (Lipinski definition) is 3. The number of rotatable bonds is 8. The first-order valence-electron chi connectivity index (χ1n) is 14.2. The van der Waals surface area contributed by atoms with E-state index >= 15 is 0 Å². The lowest BCUT2D eigenvalue weighted by Crippen LogP contribution is -2.55. The second kappa shape index (κ2) is 12.7. The number of carbonyl (C=O) groups is 3. The third kappa shape index (κ3) is 5.61. The molecule has 42 heavy (non-hydrogen) atoms. The number of amides is 2. The molecule has 1 aliphatic heterocycles. The lowest BCUT2D eigenvalue weighted by molar-refractivity contribution is -0.144. The van der Waals surface area contributed by atoms with Crippen molar-refractivity contribution >= 4 is 17.8 Å². The van der Waals surface area contributed by atoms with Crippen molar-refractivity contribution in [2.24, 2.45) is 0 Å². The van der Waals surface area contributed by atoms with Gasteiger partial charge in [-0.15, -0.1) is 0 Å². The van der Waals surface area contributed by atoms with Gasteiger partial charge in [0.15, 0.2) is 0 Å². The smallest absolute Gasteiger partial charge is 0.354 e. The minimum Gasteiger partial charge on any atom is -0.477 e. The number of hydrogen-bond donors (Lipinski definition) is 1. The molecule has 212 valence electrons. The van der Waals surface area contributed by atoms with Crippen molar-refractivity contribution in [3.63, 3.8) is 0 Å². The molecule has 5 rings (SSSR count). The van der Waals surface area contributed by atoms with Gasteiger partial charge in [-0.3, -0.25) is 9.59 Å². The van der Waals surface area contributed by atoms with Crippen LogP contribution in [-0.2, 0) is 14.4 Å². The molecule has 0 unspecified atom stereocenters. The van der Waals surface area contributed by atoms with Crippen LogP contribution in [0.1, 0.15) is 54.4 Å². The molecule has 0 saturated carbocycles. The first kappa shape index (κ1) is 28.6. The van der Waals surface area contributed by atoms with Gasteiger partial charge >= 0.3 is 5.97 Å². The average Bonchev–Trinajstić information content (AvgIpc) is 3.02. The molecule has 0 fully saturated rings. The van der Waals surface area contributed by atoms with Gasteiger partial charge in [0, 0.05) is 12.2 Å². The zero-order valence-electron chi connectivity index (χ0n) is 23.8. The Labute approximate surface area is 246 Å². The van der Waals surface area contributed by atoms with Crippen molar-refractivity contribution in [2.45, 2.75) is 38.1 Å². The molecule has 0 radical (unpaired) electrons. The quantitative estimate of drug-likeness (QED) is 0.271. The van der Waals surface area contributed by atoms with Crippen LogP contribution < -0.4 is 0 Å². The largest absolute Gasteiger partial charge is 0.477 e. The summed E-state index contributed by atoms with van der Waals surface area (Å²) >= 11 is 0. The molecule has 6 heteroatoms. The lowest BCUT2D eigenvalue weighted by Gasteiger charge is -2.44. The number of benzene rings is 4. The van der Waals surface area contributed by atoms with Crippen molar-refractivity contribution in [2.75, 3.05) is 6.54 Å². The van der Waals surface area contributed by atoms with Crippen LogP contribution >= 0.6 is 0 Å². The molecule has 2 amide bonds. The molecule has 0 aliphatic carbocycles. The fourth-order valence-electron chi connectivity index (χ4n) is 5.93. The molecular formula is C36H34N2O4. The number of carboxylic acids is 1. The van der Waals surface area contributed by atoms with Crippen LogP contribution in [0.2, 0.25) is 0 Å². The second-order valence-corrected chi connectivity index (χ2v) is 10.5. The van der Waals surface area contributed by atoms with Crippen LogP contribution in [0, 0.1) is 0 Å². The maximum Gasteiger partial charge on any atom is 0.354 e. The van der Waals surface area contributed by atoms with Crippen LogP contribution in [0.5, 0.6) is 0 Å². The predicted octanol–water partition coefficient (Wildman–Crippen LogP) is 6.42. The summed E-state index contributed by atoms with van der Waals surface area (Å²) in [6, 6.07) is 37.4. The summed E-state index contributed by atoms with van der Waals surface area (Å²) in [4.78, 5) is 44.7. The third-order valence-electron chi connectivity index (χ3n) is 7.94. The first-order valence-corrected chi connectivity index (χ1v) is 14.2. The van der Waals surface area contributed by atoms with E-state index in [0.29, 0.717) is 6.42 Å². The SMILES string of the molecule is CC[C@@H]1CN(C(=O)C(c2ccccc2)c2ccccc2)C(C(=O)O)=C(C)N1C(=O)C(c1ccccc1)c1ccccc1. The first-order chi connectivity index (χ1) is 20.4. The molecule has 0 saturated heterocycles. The van der Waals surface area contributed by atoms with Crippen LogP contribution in [0.15, 0.2) is 133 Å². The number of carbonyl (C=O) groups excluding carboxylic acids is 2.